The molecule has 0 spiro atoms. The van der Waals surface area contributed by atoms with Crippen LogP contribution in [0.5, 0.6) is 0 Å². The molecular formula is C3H7NO3. The molecule has 0 aromatic carbocycles. The monoisotopic (exact) mass is 105 g/mol. The van der Waals surface area contributed by atoms with E-state index in [4.69, 9.17) is 10.3 Å². The van der Waals surface area contributed by atoms with Gasteiger partial charge in [0.1, 0.15) is 0 Å². The SMILES string of the molecule is CCN(O)C(=O)O. The first-order chi connectivity index (χ1) is 3.18. The summed E-state index contributed by atoms with van der Waals surface area (Å²) in [5.74, 6) is 0. The molecule has 42 valence electrons. The number of hydrogen-bond donors (Lipinski definition) is 2. The fourth-order valence-corrected chi connectivity index (χ4v) is 0.135. The molecule has 0 aliphatic heterocycles. The normalized spacial score (nSPS) is 8.29. The smallest absolute Gasteiger partial charge is 0.431 e. The largest absolute Gasteiger partial charge is 0.463 e. The van der Waals surface area contributed by atoms with Gasteiger partial charge in [-0.15, -0.1) is 0 Å². The first-order valence-corrected chi connectivity index (χ1v) is 1.87. The van der Waals surface area contributed by atoms with Crippen LogP contribution >= 0.6 is 0 Å². The summed E-state index contributed by atoms with van der Waals surface area (Å²) < 4.78 is 0. The maximum Gasteiger partial charge on any atom is 0.431 e. The zero-order valence-corrected chi connectivity index (χ0v) is 3.96. The number of hydroxylamine groups is 2. The number of carbonyl (C=O) groups is 1. The van der Waals surface area contributed by atoms with Gasteiger partial charge < -0.3 is 5.11 Å². The molecule has 7 heavy (non-hydrogen) atoms. The van der Waals surface area contributed by atoms with Gasteiger partial charge in [-0.05, 0) is 6.92 Å². The Balaban J connectivity index is 3.34. The van der Waals surface area contributed by atoms with Crippen molar-refractivity contribution in [1.82, 2.24) is 5.06 Å². The van der Waals surface area contributed by atoms with Gasteiger partial charge in [0.25, 0.3) is 0 Å². The number of rotatable bonds is 1. The topological polar surface area (TPSA) is 60.8 Å². The van der Waals surface area contributed by atoms with Gasteiger partial charge in [0.05, 0.1) is 0 Å². The van der Waals surface area contributed by atoms with E-state index >= 15 is 0 Å². The lowest BCUT2D eigenvalue weighted by molar-refractivity contribution is -0.0593. The molecule has 0 radical (unpaired) electrons. The van der Waals surface area contributed by atoms with Crippen molar-refractivity contribution < 1.29 is 15.1 Å². The molecule has 2 N–H and O–H groups in total. The van der Waals surface area contributed by atoms with E-state index in [1.54, 1.807) is 0 Å². The highest BCUT2D eigenvalue weighted by molar-refractivity contribution is 5.63. The van der Waals surface area contributed by atoms with E-state index in [0.717, 1.165) is 0 Å². The minimum atomic E-state index is -1.32. The Morgan fingerprint density at radius 1 is 1.86 bits per heavy atom. The van der Waals surface area contributed by atoms with Gasteiger partial charge >= 0.3 is 6.09 Å². The molecule has 4 nitrogen and oxygen atoms in total. The summed E-state index contributed by atoms with van der Waals surface area (Å²) in [6, 6.07) is 0. The summed E-state index contributed by atoms with van der Waals surface area (Å²) in [6.45, 7) is 1.64. The molecule has 0 atom stereocenters. The van der Waals surface area contributed by atoms with E-state index < -0.39 is 6.09 Å². The average molecular weight is 105 g/mol. The van der Waals surface area contributed by atoms with Crippen LogP contribution in [-0.4, -0.2) is 28.0 Å². The Bertz CT molecular complexity index is 72.6. The minimum Gasteiger partial charge on any atom is -0.463 e. The molecule has 0 bridgehead atoms. The van der Waals surface area contributed by atoms with Gasteiger partial charge in [-0.3, -0.25) is 5.21 Å². The third-order valence-electron chi connectivity index (χ3n) is 0.520. The van der Waals surface area contributed by atoms with Crippen molar-refractivity contribution in [3.05, 3.63) is 0 Å². The van der Waals surface area contributed by atoms with E-state index in [0.29, 0.717) is 0 Å². The number of hydrogen-bond acceptors (Lipinski definition) is 2. The van der Waals surface area contributed by atoms with Crippen molar-refractivity contribution in [2.75, 3.05) is 6.54 Å². The number of carboxylic acid groups (broad SMARTS) is 1. The second-order valence-corrected chi connectivity index (χ2v) is 0.998. The lowest BCUT2D eigenvalue weighted by Crippen LogP contribution is -2.24. The molecule has 0 saturated heterocycles. The second kappa shape index (κ2) is 2.41. The van der Waals surface area contributed by atoms with Crippen molar-refractivity contribution in [3.8, 4) is 0 Å². The summed E-state index contributed by atoms with van der Waals surface area (Å²) in [5, 5.41) is 16.2. The average Bonchev–Trinajstić information content (AvgIpc) is 1.65. The lowest BCUT2D eigenvalue weighted by Gasteiger charge is -2.03. The third-order valence-corrected chi connectivity index (χ3v) is 0.520. The van der Waals surface area contributed by atoms with Gasteiger partial charge in [0.2, 0.25) is 0 Å². The van der Waals surface area contributed by atoms with E-state index in [2.05, 4.69) is 0 Å². The Kier molecular flexibility index (Phi) is 2.15. The van der Waals surface area contributed by atoms with Crippen LogP contribution in [-0.2, 0) is 0 Å². The van der Waals surface area contributed by atoms with E-state index in [-0.39, 0.29) is 11.6 Å². The molecule has 0 fully saturated rings. The second-order valence-electron chi connectivity index (χ2n) is 0.998. The number of amides is 1. The predicted molar refractivity (Wildman–Crippen MR) is 22.2 cm³/mol. The van der Waals surface area contributed by atoms with Gasteiger partial charge in [-0.1, -0.05) is 0 Å². The Labute approximate surface area is 40.9 Å². The fraction of sp³-hybridized carbons (Fsp3) is 0.667. The Hall–Kier alpha value is -0.770. The van der Waals surface area contributed by atoms with E-state index in [1.807, 2.05) is 0 Å². The fourth-order valence-electron chi connectivity index (χ4n) is 0.135. The summed E-state index contributed by atoms with van der Waals surface area (Å²) >= 11 is 0. The Morgan fingerprint density at radius 2 is 2.29 bits per heavy atom. The van der Waals surface area contributed by atoms with E-state index in [9.17, 15) is 4.79 Å². The minimum absolute atomic E-state index is 0.106. The molecule has 1 amide bonds. The molecule has 0 saturated carbocycles. The van der Waals surface area contributed by atoms with Crippen molar-refractivity contribution in [2.45, 2.75) is 6.92 Å². The molecule has 0 aromatic rings. The van der Waals surface area contributed by atoms with Crippen LogP contribution < -0.4 is 0 Å². The van der Waals surface area contributed by atoms with Crippen LogP contribution in [0.25, 0.3) is 0 Å². The maximum absolute atomic E-state index is 9.61. The molecule has 0 unspecified atom stereocenters. The van der Waals surface area contributed by atoms with Crippen molar-refractivity contribution >= 4 is 6.09 Å². The number of nitrogens with zero attached hydrogens (tertiary/aromatic N) is 1. The third kappa shape index (κ3) is 1.99. The maximum atomic E-state index is 9.61. The lowest BCUT2D eigenvalue weighted by atomic mass is 10.7. The highest BCUT2D eigenvalue weighted by atomic mass is 16.6. The summed E-state index contributed by atoms with van der Waals surface area (Å²) in [7, 11) is 0. The zero-order chi connectivity index (χ0) is 5.86. The summed E-state index contributed by atoms with van der Waals surface area (Å²) in [4.78, 5) is 9.61. The van der Waals surface area contributed by atoms with Crippen molar-refractivity contribution in [2.24, 2.45) is 0 Å². The Morgan fingerprint density at radius 3 is 2.29 bits per heavy atom. The van der Waals surface area contributed by atoms with Gasteiger partial charge in [0, 0.05) is 6.54 Å². The molecule has 0 aromatic heterocycles. The molecule has 0 aliphatic carbocycles. The molecular weight excluding hydrogens is 98.0 g/mol. The highest BCUT2D eigenvalue weighted by Gasteiger charge is 2.00. The molecule has 4 heteroatoms. The van der Waals surface area contributed by atoms with Crippen LogP contribution in [0.4, 0.5) is 4.79 Å². The van der Waals surface area contributed by atoms with E-state index in [1.165, 1.54) is 6.92 Å². The van der Waals surface area contributed by atoms with Gasteiger partial charge in [-0.2, -0.15) is 5.06 Å². The van der Waals surface area contributed by atoms with Crippen LogP contribution in [0, 0.1) is 0 Å². The van der Waals surface area contributed by atoms with Crippen LogP contribution in [0.3, 0.4) is 0 Å². The standard InChI is InChI=1S/C3H7NO3/c1-2-4(7)3(5)6/h7H,2H2,1H3,(H,5,6). The molecule has 0 aliphatic rings. The van der Waals surface area contributed by atoms with Crippen LogP contribution in [0.1, 0.15) is 6.92 Å². The van der Waals surface area contributed by atoms with Crippen LogP contribution in [0.15, 0.2) is 0 Å². The summed E-state index contributed by atoms with van der Waals surface area (Å²) in [6.07, 6.45) is -1.32. The summed E-state index contributed by atoms with van der Waals surface area (Å²) in [5.41, 5.74) is 0. The van der Waals surface area contributed by atoms with Crippen LogP contribution in [0.2, 0.25) is 0 Å². The van der Waals surface area contributed by atoms with Crippen molar-refractivity contribution in [1.29, 1.82) is 0 Å². The first-order valence-electron chi connectivity index (χ1n) is 1.87. The van der Waals surface area contributed by atoms with Crippen molar-refractivity contribution in [3.63, 3.8) is 0 Å². The molecule has 0 heterocycles. The zero-order valence-electron chi connectivity index (χ0n) is 3.96. The van der Waals surface area contributed by atoms with Gasteiger partial charge in [0.15, 0.2) is 0 Å². The predicted octanol–water partition coefficient (Wildman–Crippen LogP) is 0.375. The highest BCUT2D eigenvalue weighted by Crippen LogP contribution is 1.77. The molecule has 0 rings (SSSR count). The first kappa shape index (κ1) is 6.23. The quantitative estimate of drug-likeness (QED) is 0.374. The van der Waals surface area contributed by atoms with Gasteiger partial charge in [-0.25, -0.2) is 4.79 Å².